The van der Waals surface area contributed by atoms with Crippen LogP contribution in [-0.2, 0) is 9.53 Å². The molecule has 3 aromatic carbocycles. The van der Waals surface area contributed by atoms with Gasteiger partial charge in [0.15, 0.2) is 5.17 Å². The molecule has 0 bridgehead atoms. The lowest BCUT2D eigenvalue weighted by Gasteiger charge is -2.28. The van der Waals surface area contributed by atoms with Gasteiger partial charge in [-0.3, -0.25) is 9.69 Å². The fourth-order valence-corrected chi connectivity index (χ4v) is 5.65. The molecule has 0 unspecified atom stereocenters. The van der Waals surface area contributed by atoms with E-state index in [2.05, 4.69) is 72.5 Å². The number of hydrogen-bond acceptors (Lipinski definition) is 6. The van der Waals surface area contributed by atoms with Crippen LogP contribution in [0.3, 0.4) is 0 Å². The smallest absolute Gasteiger partial charge is 0.266 e. The summed E-state index contributed by atoms with van der Waals surface area (Å²) in [5, 5.41) is 0.687. The highest BCUT2D eigenvalue weighted by atomic mass is 32.2. The molecule has 0 radical (unpaired) electrons. The molecule has 0 atom stereocenters. The predicted octanol–water partition coefficient (Wildman–Crippen LogP) is 6.22. The average Bonchev–Trinajstić information content (AvgIpc) is 3.15. The zero-order valence-corrected chi connectivity index (χ0v) is 21.4. The maximum Gasteiger partial charge on any atom is 0.266 e. The van der Waals surface area contributed by atoms with Gasteiger partial charge in [0.05, 0.1) is 23.8 Å². The summed E-state index contributed by atoms with van der Waals surface area (Å²) in [7, 11) is 1.78. The van der Waals surface area contributed by atoms with Gasteiger partial charge in [-0.25, -0.2) is 4.99 Å². The van der Waals surface area contributed by atoms with Crippen molar-refractivity contribution in [1.82, 2.24) is 4.90 Å². The van der Waals surface area contributed by atoms with Gasteiger partial charge in [0.25, 0.3) is 5.91 Å². The molecule has 2 fully saturated rings. The molecular formula is C28H27N3O2S2. The van der Waals surface area contributed by atoms with E-state index in [-0.39, 0.29) is 5.91 Å². The zero-order valence-electron chi connectivity index (χ0n) is 19.8. The summed E-state index contributed by atoms with van der Waals surface area (Å²) in [6, 6.07) is 25.0. The van der Waals surface area contributed by atoms with Crippen LogP contribution in [0.2, 0.25) is 0 Å². The number of carbonyl (C=O) groups excluding carboxylic acids is 1. The Morgan fingerprint density at radius 1 is 0.914 bits per heavy atom. The van der Waals surface area contributed by atoms with Gasteiger partial charge in [-0.2, -0.15) is 0 Å². The van der Waals surface area contributed by atoms with Crippen molar-refractivity contribution in [2.24, 2.45) is 4.99 Å². The lowest BCUT2D eigenvalue weighted by atomic mass is 10.2. The highest BCUT2D eigenvalue weighted by Crippen LogP contribution is 2.34. The van der Waals surface area contributed by atoms with E-state index < -0.39 is 0 Å². The van der Waals surface area contributed by atoms with Crippen LogP contribution in [0.25, 0.3) is 6.08 Å². The fourth-order valence-electron chi connectivity index (χ4n) is 3.85. The third-order valence-corrected chi connectivity index (χ3v) is 7.96. The summed E-state index contributed by atoms with van der Waals surface area (Å²) < 4.78 is 5.43. The summed E-state index contributed by atoms with van der Waals surface area (Å²) in [5.74, 6) is -0.0307. The molecule has 2 saturated heterocycles. The average molecular weight is 502 g/mol. The quantitative estimate of drug-likeness (QED) is 0.389. The Bertz CT molecular complexity index is 1250. The van der Waals surface area contributed by atoms with Crippen molar-refractivity contribution in [3.63, 3.8) is 0 Å². The van der Waals surface area contributed by atoms with Crippen LogP contribution < -0.4 is 4.90 Å². The van der Waals surface area contributed by atoms with Gasteiger partial charge in [0.2, 0.25) is 0 Å². The Morgan fingerprint density at radius 3 is 2.20 bits per heavy atom. The molecule has 0 N–H and O–H groups in total. The number of amidine groups is 1. The van der Waals surface area contributed by atoms with Gasteiger partial charge in [-0.05, 0) is 78.9 Å². The Labute approximate surface area is 214 Å². The maximum atomic E-state index is 12.8. The van der Waals surface area contributed by atoms with Crippen LogP contribution in [0.15, 0.2) is 92.5 Å². The number of anilines is 1. The standard InChI is InChI=1S/C28H27N3O2S2/c1-20-3-11-24(12-4-20)34-25-13-5-21(6-14-25)19-26-27(32)30(2)28(35-26)29-22-7-9-23(10-8-22)31-15-17-33-18-16-31/h3-14,19H,15-18H2,1-2H3/b26-19-,29-28?. The van der Waals surface area contributed by atoms with Crippen LogP contribution in [-0.4, -0.2) is 49.3 Å². The molecule has 3 aromatic rings. The number of thioether (sulfide) groups is 1. The van der Waals surface area contributed by atoms with Crippen molar-refractivity contribution in [2.45, 2.75) is 16.7 Å². The fraction of sp³-hybridized carbons (Fsp3) is 0.214. The van der Waals surface area contributed by atoms with Crippen LogP contribution in [0, 0.1) is 6.92 Å². The molecule has 2 aliphatic heterocycles. The summed E-state index contributed by atoms with van der Waals surface area (Å²) in [6.07, 6.45) is 1.94. The molecule has 5 nitrogen and oxygen atoms in total. The van der Waals surface area contributed by atoms with Crippen molar-refractivity contribution in [3.05, 3.63) is 88.8 Å². The Morgan fingerprint density at radius 2 is 1.54 bits per heavy atom. The number of nitrogens with zero attached hydrogens (tertiary/aromatic N) is 3. The molecule has 0 aliphatic carbocycles. The van der Waals surface area contributed by atoms with Gasteiger partial charge in [0, 0.05) is 35.6 Å². The topological polar surface area (TPSA) is 45.1 Å². The van der Waals surface area contributed by atoms with Gasteiger partial charge in [-0.15, -0.1) is 0 Å². The zero-order chi connectivity index (χ0) is 24.2. The molecular weight excluding hydrogens is 474 g/mol. The molecule has 2 heterocycles. The van der Waals surface area contributed by atoms with Crippen LogP contribution in [0.1, 0.15) is 11.1 Å². The molecule has 0 aromatic heterocycles. The summed E-state index contributed by atoms with van der Waals surface area (Å²) in [6.45, 7) is 5.42. The van der Waals surface area contributed by atoms with E-state index in [1.807, 2.05) is 18.2 Å². The first-order valence-corrected chi connectivity index (χ1v) is 13.2. The SMILES string of the molecule is Cc1ccc(Sc2ccc(/C=C3\SC(=Nc4ccc(N5CCOCC5)cc4)N(C)C3=O)cc2)cc1. The highest BCUT2D eigenvalue weighted by Gasteiger charge is 2.30. The van der Waals surface area contributed by atoms with Crippen LogP contribution >= 0.6 is 23.5 Å². The molecule has 0 saturated carbocycles. The van der Waals surface area contributed by atoms with E-state index in [0.717, 1.165) is 37.6 Å². The van der Waals surface area contributed by atoms with E-state index in [9.17, 15) is 4.79 Å². The molecule has 7 heteroatoms. The summed E-state index contributed by atoms with van der Waals surface area (Å²) >= 11 is 3.14. The summed E-state index contributed by atoms with van der Waals surface area (Å²) in [5.41, 5.74) is 4.26. The Hall–Kier alpha value is -3.00. The number of hydrogen-bond donors (Lipinski definition) is 0. The number of carbonyl (C=O) groups is 1. The minimum absolute atomic E-state index is 0.0307. The maximum absolute atomic E-state index is 12.8. The normalized spacial score (nSPS) is 18.6. The van der Waals surface area contributed by atoms with E-state index in [1.165, 1.54) is 32.8 Å². The third-order valence-electron chi connectivity index (χ3n) is 5.89. The molecule has 178 valence electrons. The van der Waals surface area contributed by atoms with Crippen molar-refractivity contribution in [3.8, 4) is 0 Å². The number of likely N-dealkylation sites (N-methyl/N-ethyl adjacent to an activating group) is 1. The van der Waals surface area contributed by atoms with E-state index in [0.29, 0.717) is 10.1 Å². The van der Waals surface area contributed by atoms with Gasteiger partial charge in [-0.1, -0.05) is 41.6 Å². The predicted molar refractivity (Wildman–Crippen MR) is 147 cm³/mol. The molecule has 35 heavy (non-hydrogen) atoms. The van der Waals surface area contributed by atoms with E-state index >= 15 is 0 Å². The number of aliphatic imine (C=N–C) groups is 1. The number of benzene rings is 3. The Kier molecular flexibility index (Phi) is 7.27. The second kappa shape index (κ2) is 10.7. The first kappa shape index (κ1) is 23.7. The number of ether oxygens (including phenoxy) is 1. The monoisotopic (exact) mass is 501 g/mol. The van der Waals surface area contributed by atoms with Crippen molar-refractivity contribution in [2.75, 3.05) is 38.3 Å². The first-order chi connectivity index (χ1) is 17.0. The number of aryl methyl sites for hydroxylation is 1. The van der Waals surface area contributed by atoms with Crippen LogP contribution in [0.4, 0.5) is 11.4 Å². The Balaban J connectivity index is 1.26. The highest BCUT2D eigenvalue weighted by molar-refractivity contribution is 8.18. The van der Waals surface area contributed by atoms with Gasteiger partial charge >= 0.3 is 0 Å². The third kappa shape index (κ3) is 5.81. The second-order valence-corrected chi connectivity index (χ2v) is 10.6. The molecule has 5 rings (SSSR count). The second-order valence-electron chi connectivity index (χ2n) is 8.47. The van der Waals surface area contributed by atoms with E-state index in [4.69, 9.17) is 9.73 Å². The summed E-state index contributed by atoms with van der Waals surface area (Å²) in [4.78, 5) is 24.6. The lowest BCUT2D eigenvalue weighted by Crippen LogP contribution is -2.36. The minimum Gasteiger partial charge on any atom is -0.378 e. The van der Waals surface area contributed by atoms with Crippen molar-refractivity contribution < 1.29 is 9.53 Å². The largest absolute Gasteiger partial charge is 0.378 e. The van der Waals surface area contributed by atoms with Crippen LogP contribution in [0.5, 0.6) is 0 Å². The number of amides is 1. The van der Waals surface area contributed by atoms with Gasteiger partial charge < -0.3 is 9.64 Å². The molecule has 2 aliphatic rings. The number of morpholine rings is 1. The lowest BCUT2D eigenvalue weighted by molar-refractivity contribution is -0.121. The van der Waals surface area contributed by atoms with Crippen molar-refractivity contribution in [1.29, 1.82) is 0 Å². The number of rotatable bonds is 5. The van der Waals surface area contributed by atoms with Gasteiger partial charge in [0.1, 0.15) is 0 Å². The molecule has 1 amide bonds. The first-order valence-electron chi connectivity index (χ1n) is 11.6. The minimum atomic E-state index is -0.0307. The van der Waals surface area contributed by atoms with E-state index in [1.54, 1.807) is 23.7 Å². The molecule has 0 spiro atoms. The van der Waals surface area contributed by atoms with Crippen molar-refractivity contribution >= 4 is 52.0 Å².